The molecule has 0 radical (unpaired) electrons. The van der Waals surface area contributed by atoms with Crippen LogP contribution in [0.25, 0.3) is 0 Å². The van der Waals surface area contributed by atoms with Crippen molar-refractivity contribution in [2.45, 2.75) is 94.4 Å². The van der Waals surface area contributed by atoms with Crippen molar-refractivity contribution in [2.75, 3.05) is 33.4 Å². The predicted molar refractivity (Wildman–Crippen MR) is 124 cm³/mol. The highest BCUT2D eigenvalue weighted by Crippen LogP contribution is 1.99. The van der Waals surface area contributed by atoms with Crippen LogP contribution in [0.3, 0.4) is 0 Å². The summed E-state index contributed by atoms with van der Waals surface area (Å²) in [5.74, 6) is 1.21. The highest BCUT2D eigenvalue weighted by Gasteiger charge is 2.03. The molecule has 0 aliphatic rings. The third-order valence-electron chi connectivity index (χ3n) is 3.16. The molecule has 1 amide bonds. The molecule has 5 nitrogen and oxygen atoms in total. The second kappa shape index (κ2) is 30.8. The third kappa shape index (κ3) is 39.9. The summed E-state index contributed by atoms with van der Waals surface area (Å²) in [6.45, 7) is 21.1. The van der Waals surface area contributed by atoms with Crippen molar-refractivity contribution in [3.8, 4) is 0 Å². The predicted octanol–water partition coefficient (Wildman–Crippen LogP) is 5.23. The van der Waals surface area contributed by atoms with Crippen molar-refractivity contribution in [1.29, 1.82) is 0 Å². The Morgan fingerprint density at radius 2 is 1.50 bits per heavy atom. The van der Waals surface area contributed by atoms with E-state index in [2.05, 4.69) is 45.3 Å². The van der Waals surface area contributed by atoms with E-state index in [4.69, 9.17) is 4.74 Å². The number of ketones is 1. The molecule has 0 spiro atoms. The normalized spacial score (nSPS) is 9.43. The maximum atomic E-state index is 11.2. The van der Waals surface area contributed by atoms with E-state index in [0.717, 1.165) is 32.4 Å². The maximum Gasteiger partial charge on any atom is 0.222 e. The first-order valence-electron chi connectivity index (χ1n) is 11.3. The second-order valence-electron chi connectivity index (χ2n) is 7.11. The van der Waals surface area contributed by atoms with Gasteiger partial charge in [-0.05, 0) is 25.8 Å². The van der Waals surface area contributed by atoms with Crippen LogP contribution in [0.15, 0.2) is 0 Å². The van der Waals surface area contributed by atoms with Gasteiger partial charge >= 0.3 is 0 Å². The second-order valence-corrected chi connectivity index (χ2v) is 7.11. The van der Waals surface area contributed by atoms with Crippen LogP contribution in [0, 0.1) is 11.8 Å². The van der Waals surface area contributed by atoms with E-state index < -0.39 is 0 Å². The van der Waals surface area contributed by atoms with Crippen LogP contribution >= 0.6 is 0 Å². The van der Waals surface area contributed by atoms with Gasteiger partial charge in [-0.25, -0.2) is 0 Å². The zero-order valence-corrected chi connectivity index (χ0v) is 20.7. The molecule has 0 aliphatic heterocycles. The van der Waals surface area contributed by atoms with E-state index >= 15 is 0 Å². The molecule has 0 fully saturated rings. The molecule has 0 heterocycles. The molecular weight excluding hydrogens is 352 g/mol. The summed E-state index contributed by atoms with van der Waals surface area (Å²) in [7, 11) is 1.78. The Hall–Kier alpha value is -0.940. The number of amides is 1. The minimum atomic E-state index is 0.105. The third-order valence-corrected chi connectivity index (χ3v) is 3.16. The Morgan fingerprint density at radius 1 is 0.964 bits per heavy atom. The standard InChI is InChI=1S/C12H25NO2.C6H13NO.C3H8.C2H6/c1-4-5-8-13-12(14)7-10-15-9-6-11(2)3;1-5(2)6(8)4-7-3;1-3-2;1-2/h11H,4-10H2,1-3H3,(H,13,14);5,7H,4H2,1-3H3;3H2,1-2H3;1-2H3. The molecule has 0 aromatic rings. The number of unbranched alkanes of at least 4 members (excludes halogenated alkanes) is 1. The minimum absolute atomic E-state index is 0.105. The van der Waals surface area contributed by atoms with Gasteiger partial charge in [-0.2, -0.15) is 0 Å². The first-order chi connectivity index (χ1) is 13.3. The number of hydrogen-bond acceptors (Lipinski definition) is 4. The van der Waals surface area contributed by atoms with Crippen LogP contribution in [-0.2, 0) is 14.3 Å². The summed E-state index contributed by atoms with van der Waals surface area (Å²) in [6.07, 6.45) is 4.98. The largest absolute Gasteiger partial charge is 0.381 e. The number of nitrogens with one attached hydrogen (secondary N) is 2. The van der Waals surface area contributed by atoms with Crippen molar-refractivity contribution < 1.29 is 14.3 Å². The molecule has 0 aliphatic carbocycles. The van der Waals surface area contributed by atoms with Gasteiger partial charge in [0, 0.05) is 25.5 Å². The first kappa shape index (κ1) is 34.6. The minimum Gasteiger partial charge on any atom is -0.381 e. The number of likely N-dealkylation sites (N-methyl/N-ethyl adjacent to an activating group) is 1. The Balaban J connectivity index is -0.000000185. The number of rotatable bonds is 12. The average molecular weight is 405 g/mol. The topological polar surface area (TPSA) is 67.4 Å². The molecular formula is C23H52N2O3. The van der Waals surface area contributed by atoms with Gasteiger partial charge in [-0.15, -0.1) is 0 Å². The van der Waals surface area contributed by atoms with Gasteiger partial charge in [0.25, 0.3) is 0 Å². The van der Waals surface area contributed by atoms with Crippen molar-refractivity contribution in [1.82, 2.24) is 10.6 Å². The van der Waals surface area contributed by atoms with Crippen LogP contribution in [0.5, 0.6) is 0 Å². The van der Waals surface area contributed by atoms with E-state index in [9.17, 15) is 9.59 Å². The molecule has 0 atom stereocenters. The Kier molecular flexibility index (Phi) is 38.0. The maximum absolute atomic E-state index is 11.2. The molecule has 0 rings (SSSR count). The van der Waals surface area contributed by atoms with E-state index in [0.29, 0.717) is 25.5 Å². The molecule has 28 heavy (non-hydrogen) atoms. The number of carbonyl (C=O) groups excluding carboxylic acids is 2. The van der Waals surface area contributed by atoms with E-state index in [1.165, 1.54) is 6.42 Å². The lowest BCUT2D eigenvalue weighted by Crippen LogP contribution is -2.25. The molecule has 0 bridgehead atoms. The fraction of sp³-hybridized carbons (Fsp3) is 0.913. The van der Waals surface area contributed by atoms with E-state index in [1.54, 1.807) is 7.05 Å². The fourth-order valence-corrected chi connectivity index (χ4v) is 1.46. The molecule has 0 saturated carbocycles. The van der Waals surface area contributed by atoms with Crippen molar-refractivity contribution in [2.24, 2.45) is 11.8 Å². The van der Waals surface area contributed by atoms with E-state index in [1.807, 2.05) is 27.7 Å². The number of Topliss-reactive ketones (excluding diaryl/α,β-unsaturated/α-hetero) is 1. The lowest BCUT2D eigenvalue weighted by atomic mass is 10.1. The molecule has 172 valence electrons. The van der Waals surface area contributed by atoms with Crippen LogP contribution in [0.2, 0.25) is 0 Å². The summed E-state index contributed by atoms with van der Waals surface area (Å²) in [5, 5.41) is 5.66. The van der Waals surface area contributed by atoms with Gasteiger partial charge in [0.05, 0.1) is 13.2 Å². The molecule has 0 unspecified atom stereocenters. The van der Waals surface area contributed by atoms with E-state index in [-0.39, 0.29) is 17.6 Å². The van der Waals surface area contributed by atoms with Gasteiger partial charge in [0.2, 0.25) is 5.91 Å². The first-order valence-corrected chi connectivity index (χ1v) is 11.3. The number of hydrogen-bond donors (Lipinski definition) is 2. The highest BCUT2D eigenvalue weighted by atomic mass is 16.5. The SMILES string of the molecule is CC.CCC.CCCCNC(=O)CCOCCC(C)C.CNCC(=O)C(C)C. The zero-order chi connectivity index (χ0) is 22.8. The average Bonchev–Trinajstić information content (AvgIpc) is 2.64. The van der Waals surface area contributed by atoms with Crippen LogP contribution in [0.1, 0.15) is 94.4 Å². The molecule has 0 aromatic carbocycles. The molecule has 0 aromatic heterocycles. The van der Waals surface area contributed by atoms with Gasteiger partial charge in [0.15, 0.2) is 0 Å². The highest BCUT2D eigenvalue weighted by molar-refractivity contribution is 5.82. The van der Waals surface area contributed by atoms with Crippen molar-refractivity contribution in [3.63, 3.8) is 0 Å². The van der Waals surface area contributed by atoms with Crippen LogP contribution in [0.4, 0.5) is 0 Å². The van der Waals surface area contributed by atoms with Crippen LogP contribution in [-0.4, -0.2) is 45.0 Å². The summed E-state index contributed by atoms with van der Waals surface area (Å²) in [4.78, 5) is 21.9. The number of ether oxygens (including phenoxy) is 1. The zero-order valence-electron chi connectivity index (χ0n) is 20.7. The summed E-state index contributed by atoms with van der Waals surface area (Å²) in [6, 6.07) is 0. The van der Waals surface area contributed by atoms with Crippen molar-refractivity contribution >= 4 is 11.7 Å². The smallest absolute Gasteiger partial charge is 0.222 e. The quantitative estimate of drug-likeness (QED) is 0.437. The lowest BCUT2D eigenvalue weighted by molar-refractivity contribution is -0.122. The Labute approximate surface area is 176 Å². The molecule has 5 heteroatoms. The van der Waals surface area contributed by atoms with Gasteiger partial charge in [-0.3, -0.25) is 9.59 Å². The van der Waals surface area contributed by atoms with Gasteiger partial charge in [-0.1, -0.05) is 75.2 Å². The van der Waals surface area contributed by atoms with Crippen molar-refractivity contribution in [3.05, 3.63) is 0 Å². The van der Waals surface area contributed by atoms with Gasteiger partial charge in [0.1, 0.15) is 5.78 Å². The Morgan fingerprint density at radius 3 is 1.86 bits per heavy atom. The summed E-state index contributed by atoms with van der Waals surface area (Å²) in [5.41, 5.74) is 0. The monoisotopic (exact) mass is 404 g/mol. The lowest BCUT2D eigenvalue weighted by Gasteiger charge is -2.06. The van der Waals surface area contributed by atoms with Gasteiger partial charge < -0.3 is 15.4 Å². The fourth-order valence-electron chi connectivity index (χ4n) is 1.46. The number of carbonyl (C=O) groups is 2. The Bertz CT molecular complexity index is 306. The van der Waals surface area contributed by atoms with Crippen LogP contribution < -0.4 is 10.6 Å². The summed E-state index contributed by atoms with van der Waals surface area (Å²) >= 11 is 0. The molecule has 2 N–H and O–H groups in total. The molecule has 0 saturated heterocycles. The summed E-state index contributed by atoms with van der Waals surface area (Å²) < 4.78 is 5.36.